The van der Waals surface area contributed by atoms with E-state index < -0.39 is 0 Å². The van der Waals surface area contributed by atoms with Gasteiger partial charge in [0.15, 0.2) is 0 Å². The molecule has 0 bridgehead atoms. The largest absolute Gasteiger partial charge is 0.350 e. The Hall–Kier alpha value is -1.95. The van der Waals surface area contributed by atoms with Crippen LogP contribution in [-0.4, -0.2) is 21.2 Å². The summed E-state index contributed by atoms with van der Waals surface area (Å²) in [5, 5.41) is 7.21. The summed E-state index contributed by atoms with van der Waals surface area (Å²) in [6.45, 7) is 7.85. The number of thiophene rings is 1. The van der Waals surface area contributed by atoms with Crippen LogP contribution in [-0.2, 0) is 11.3 Å². The number of hydrogen-bond acceptors (Lipinski definition) is 4. The molecule has 2 aromatic rings. The van der Waals surface area contributed by atoms with E-state index in [-0.39, 0.29) is 23.6 Å². The predicted molar refractivity (Wildman–Crippen MR) is 89.1 cm³/mol. The summed E-state index contributed by atoms with van der Waals surface area (Å²) in [5.41, 5.74) is 0.144. The molecule has 0 aliphatic heterocycles. The van der Waals surface area contributed by atoms with Gasteiger partial charge < -0.3 is 5.32 Å². The van der Waals surface area contributed by atoms with E-state index in [0.29, 0.717) is 5.69 Å². The van der Waals surface area contributed by atoms with Crippen LogP contribution >= 0.6 is 11.3 Å². The molecule has 0 saturated carbocycles. The van der Waals surface area contributed by atoms with Gasteiger partial charge in [-0.3, -0.25) is 9.59 Å². The van der Waals surface area contributed by atoms with Crippen molar-refractivity contribution < 1.29 is 4.79 Å². The zero-order chi connectivity index (χ0) is 16.3. The minimum absolute atomic E-state index is 0.0690. The van der Waals surface area contributed by atoms with E-state index in [1.165, 1.54) is 15.6 Å². The lowest BCUT2D eigenvalue weighted by atomic mass is 10.0. The van der Waals surface area contributed by atoms with Crippen LogP contribution in [0, 0.1) is 6.92 Å². The van der Waals surface area contributed by atoms with Crippen molar-refractivity contribution in [2.45, 2.75) is 46.2 Å². The summed E-state index contributed by atoms with van der Waals surface area (Å²) in [4.78, 5) is 26.1. The molecule has 5 nitrogen and oxygen atoms in total. The van der Waals surface area contributed by atoms with Gasteiger partial charge in [-0.15, -0.1) is 11.3 Å². The first-order chi connectivity index (χ1) is 10.3. The SMILES string of the molecule is CCC(C)(C)NC(=O)Cn1nc(-c2ccc(C)s2)ccc1=O. The van der Waals surface area contributed by atoms with Crippen LogP contribution in [0.5, 0.6) is 0 Å². The van der Waals surface area contributed by atoms with Crippen LogP contribution < -0.4 is 10.9 Å². The van der Waals surface area contributed by atoms with Crippen molar-refractivity contribution in [1.29, 1.82) is 0 Å². The highest BCUT2D eigenvalue weighted by Gasteiger charge is 2.18. The lowest BCUT2D eigenvalue weighted by Crippen LogP contribution is -2.45. The van der Waals surface area contributed by atoms with Gasteiger partial charge in [0.05, 0.1) is 4.88 Å². The normalized spacial score (nSPS) is 11.5. The summed E-state index contributed by atoms with van der Waals surface area (Å²) in [7, 11) is 0. The number of aryl methyl sites for hydroxylation is 1. The fourth-order valence-corrected chi connectivity index (χ4v) is 2.74. The van der Waals surface area contributed by atoms with Gasteiger partial charge in [-0.1, -0.05) is 6.92 Å². The molecule has 0 atom stereocenters. The molecule has 0 saturated heterocycles. The van der Waals surface area contributed by atoms with Gasteiger partial charge in [0.25, 0.3) is 5.56 Å². The Morgan fingerprint density at radius 3 is 2.64 bits per heavy atom. The number of aromatic nitrogens is 2. The molecule has 0 fully saturated rings. The van der Waals surface area contributed by atoms with Crippen LogP contribution in [0.15, 0.2) is 29.1 Å². The summed E-state index contributed by atoms with van der Waals surface area (Å²) in [5.74, 6) is -0.207. The minimum atomic E-state index is -0.289. The standard InChI is InChI=1S/C16H21N3O2S/c1-5-16(3,4)17-14(20)10-19-15(21)9-7-12(18-19)13-8-6-11(2)22-13/h6-9H,5,10H2,1-4H3,(H,17,20). The van der Waals surface area contributed by atoms with Gasteiger partial charge in [0, 0.05) is 16.5 Å². The molecule has 22 heavy (non-hydrogen) atoms. The first kappa shape index (κ1) is 16.4. The number of nitrogens with zero attached hydrogens (tertiary/aromatic N) is 2. The zero-order valence-electron chi connectivity index (χ0n) is 13.3. The zero-order valence-corrected chi connectivity index (χ0v) is 14.2. The van der Waals surface area contributed by atoms with E-state index >= 15 is 0 Å². The van der Waals surface area contributed by atoms with Crippen LogP contribution in [0.2, 0.25) is 0 Å². The molecule has 0 aromatic carbocycles. The topological polar surface area (TPSA) is 64.0 Å². The third kappa shape index (κ3) is 4.04. The highest BCUT2D eigenvalue weighted by Crippen LogP contribution is 2.24. The number of amides is 1. The second kappa shape index (κ2) is 6.44. The van der Waals surface area contributed by atoms with Crippen molar-refractivity contribution >= 4 is 17.2 Å². The molecule has 1 N–H and O–H groups in total. The maximum absolute atomic E-state index is 12.1. The Morgan fingerprint density at radius 1 is 1.32 bits per heavy atom. The Morgan fingerprint density at radius 2 is 2.05 bits per heavy atom. The van der Waals surface area contributed by atoms with Crippen LogP contribution in [0.4, 0.5) is 0 Å². The summed E-state index contributed by atoms with van der Waals surface area (Å²) >= 11 is 1.61. The maximum Gasteiger partial charge on any atom is 0.267 e. The van der Waals surface area contributed by atoms with E-state index in [9.17, 15) is 9.59 Å². The van der Waals surface area contributed by atoms with Gasteiger partial charge in [0.1, 0.15) is 12.2 Å². The average molecular weight is 319 g/mol. The van der Waals surface area contributed by atoms with Crippen molar-refractivity contribution in [3.63, 3.8) is 0 Å². The van der Waals surface area contributed by atoms with E-state index in [1.54, 1.807) is 17.4 Å². The quantitative estimate of drug-likeness (QED) is 0.921. The van der Waals surface area contributed by atoms with E-state index in [2.05, 4.69) is 10.4 Å². The Bertz CT molecular complexity index is 731. The van der Waals surface area contributed by atoms with Gasteiger partial charge in [-0.2, -0.15) is 5.10 Å². The monoisotopic (exact) mass is 319 g/mol. The number of carbonyl (C=O) groups is 1. The van der Waals surface area contributed by atoms with Crippen molar-refractivity contribution in [3.8, 4) is 10.6 Å². The lowest BCUT2D eigenvalue weighted by molar-refractivity contribution is -0.123. The second-order valence-electron chi connectivity index (χ2n) is 5.91. The Labute approximate surface area is 134 Å². The smallest absolute Gasteiger partial charge is 0.267 e. The number of nitrogens with one attached hydrogen (secondary N) is 1. The molecule has 2 rings (SSSR count). The molecular formula is C16H21N3O2S. The Kier molecular flexibility index (Phi) is 4.81. The lowest BCUT2D eigenvalue weighted by Gasteiger charge is -2.24. The molecule has 1 amide bonds. The van der Waals surface area contributed by atoms with Crippen molar-refractivity contribution in [1.82, 2.24) is 15.1 Å². The third-order valence-electron chi connectivity index (χ3n) is 3.51. The first-order valence-corrected chi connectivity index (χ1v) is 8.08. The molecule has 0 aliphatic carbocycles. The fraction of sp³-hybridized carbons (Fsp3) is 0.438. The van der Waals surface area contributed by atoms with Crippen LogP contribution in [0.25, 0.3) is 10.6 Å². The minimum Gasteiger partial charge on any atom is -0.350 e. The summed E-state index contributed by atoms with van der Waals surface area (Å²) in [6, 6.07) is 7.12. The second-order valence-corrected chi connectivity index (χ2v) is 7.20. The number of hydrogen-bond donors (Lipinski definition) is 1. The van der Waals surface area contributed by atoms with Gasteiger partial charge in [0.2, 0.25) is 5.91 Å². The molecule has 118 valence electrons. The summed E-state index contributed by atoms with van der Waals surface area (Å²) < 4.78 is 1.21. The van der Waals surface area contributed by atoms with Crippen molar-refractivity contribution in [2.24, 2.45) is 0 Å². The molecular weight excluding hydrogens is 298 g/mol. The molecule has 0 radical (unpaired) electrons. The van der Waals surface area contributed by atoms with Crippen molar-refractivity contribution in [2.75, 3.05) is 0 Å². The molecule has 0 aliphatic rings. The first-order valence-electron chi connectivity index (χ1n) is 7.27. The van der Waals surface area contributed by atoms with Crippen molar-refractivity contribution in [3.05, 3.63) is 39.5 Å². The average Bonchev–Trinajstić information content (AvgIpc) is 2.87. The highest BCUT2D eigenvalue weighted by molar-refractivity contribution is 7.15. The number of rotatable bonds is 5. The third-order valence-corrected chi connectivity index (χ3v) is 4.54. The highest BCUT2D eigenvalue weighted by atomic mass is 32.1. The van der Waals surface area contributed by atoms with Gasteiger partial charge in [-0.25, -0.2) is 4.68 Å². The Balaban J connectivity index is 2.21. The van der Waals surface area contributed by atoms with E-state index in [0.717, 1.165) is 11.3 Å². The molecule has 0 spiro atoms. The summed E-state index contributed by atoms with van der Waals surface area (Å²) in [6.07, 6.45) is 0.815. The van der Waals surface area contributed by atoms with E-state index in [1.807, 2.05) is 39.8 Å². The molecule has 2 aromatic heterocycles. The number of carbonyl (C=O) groups excluding carboxylic acids is 1. The van der Waals surface area contributed by atoms with Gasteiger partial charge in [-0.05, 0) is 45.4 Å². The molecule has 0 unspecified atom stereocenters. The maximum atomic E-state index is 12.1. The molecule has 2 heterocycles. The predicted octanol–water partition coefficient (Wildman–Crippen LogP) is 2.59. The fourth-order valence-electron chi connectivity index (χ4n) is 1.91. The van der Waals surface area contributed by atoms with Crippen LogP contribution in [0.1, 0.15) is 32.1 Å². The van der Waals surface area contributed by atoms with Gasteiger partial charge >= 0.3 is 0 Å². The van der Waals surface area contributed by atoms with Crippen LogP contribution in [0.3, 0.4) is 0 Å². The van der Waals surface area contributed by atoms with E-state index in [4.69, 9.17) is 0 Å². The molecule has 6 heteroatoms.